The number of rotatable bonds is 10. The number of hydrogen-bond acceptors (Lipinski definition) is 7. The molecule has 0 bridgehead atoms. The Balaban J connectivity index is 1.22. The van der Waals surface area contributed by atoms with Crippen LogP contribution in [0.25, 0.3) is 10.6 Å². The van der Waals surface area contributed by atoms with Crippen LogP contribution in [0, 0.1) is 16.6 Å². The largest absolute Gasteiger partial charge is 0.471 e. The number of fused-ring (bicyclic) bond motifs is 1. The molecule has 9 heteroatoms. The highest BCUT2D eigenvalue weighted by Crippen LogP contribution is 2.48. The number of carbonyl (C=O) groups excluding carboxylic acids is 1. The Morgan fingerprint density at radius 1 is 1.16 bits per heavy atom. The maximum Gasteiger partial charge on any atom is 0.226 e. The second kappa shape index (κ2) is 11.6. The molecular weight excluding hydrogens is 563 g/mol. The maximum absolute atomic E-state index is 14.7. The summed E-state index contributed by atoms with van der Waals surface area (Å²) in [5.74, 6) is 0.253. The normalized spacial score (nSPS) is 21.3. The molecule has 1 amide bonds. The van der Waals surface area contributed by atoms with Gasteiger partial charge in [-0.25, -0.2) is 14.4 Å². The number of aliphatic hydroxyl groups excluding tert-OH is 1. The molecule has 2 aromatic heterocycles. The molecule has 0 saturated heterocycles. The molecule has 0 radical (unpaired) electrons. The van der Waals surface area contributed by atoms with Gasteiger partial charge in [-0.15, -0.1) is 11.3 Å². The molecule has 1 aromatic carbocycles. The van der Waals surface area contributed by atoms with Crippen molar-refractivity contribution in [1.82, 2.24) is 20.6 Å². The highest BCUT2D eigenvalue weighted by Gasteiger charge is 2.47. The van der Waals surface area contributed by atoms with Crippen LogP contribution in [0.15, 0.2) is 42.0 Å². The number of hydrogen-bond donors (Lipinski definition) is 3. The van der Waals surface area contributed by atoms with Crippen molar-refractivity contribution in [3.8, 4) is 16.5 Å². The third-order valence-electron chi connectivity index (χ3n) is 9.19. The number of nitrogens with zero attached hydrogens (tertiary/aromatic N) is 2. The van der Waals surface area contributed by atoms with Crippen molar-refractivity contribution in [2.75, 3.05) is 6.54 Å². The molecule has 2 fully saturated rings. The molecule has 0 unspecified atom stereocenters. The number of halogens is 1. The number of aliphatic hydroxyl groups is 1. The molecular formula is C34H43FN4O3S. The summed E-state index contributed by atoms with van der Waals surface area (Å²) in [6.45, 7) is 8.86. The Bertz CT molecular complexity index is 1460. The Morgan fingerprint density at radius 3 is 2.60 bits per heavy atom. The summed E-state index contributed by atoms with van der Waals surface area (Å²) in [7, 11) is 0. The van der Waals surface area contributed by atoms with Crippen LogP contribution in [0.5, 0.6) is 5.88 Å². The standard InChI is InChI=1S/C34H43FN4O3S/c1-32(2,3)17-22-14-25-27(18-34(6-5-7-34)42-29(25)38-19-22)37-20-28(40)26(39-31(41)33(4)8-9-33)15-21-12-23(16-24(35)13-21)30-36-10-11-43-30/h10-14,16,19,26-28,37,40H,5-9,15,17-18,20H2,1-4H3,(H,39,41)/t26-,27-,28+/m0/s1. The zero-order valence-corrected chi connectivity index (χ0v) is 26.4. The van der Waals surface area contributed by atoms with Crippen molar-refractivity contribution in [2.24, 2.45) is 10.8 Å². The van der Waals surface area contributed by atoms with Crippen LogP contribution in [-0.4, -0.2) is 45.3 Å². The van der Waals surface area contributed by atoms with Crippen molar-refractivity contribution in [3.63, 3.8) is 0 Å². The van der Waals surface area contributed by atoms with Gasteiger partial charge >= 0.3 is 0 Å². The minimum Gasteiger partial charge on any atom is -0.471 e. The van der Waals surface area contributed by atoms with Gasteiger partial charge < -0.3 is 20.5 Å². The summed E-state index contributed by atoms with van der Waals surface area (Å²) < 4.78 is 21.2. The van der Waals surface area contributed by atoms with Crippen molar-refractivity contribution >= 4 is 17.2 Å². The summed E-state index contributed by atoms with van der Waals surface area (Å²) in [6.07, 6.45) is 9.53. The van der Waals surface area contributed by atoms with Gasteiger partial charge in [0, 0.05) is 53.3 Å². The number of thiazole rings is 1. The molecule has 7 nitrogen and oxygen atoms in total. The van der Waals surface area contributed by atoms with Crippen LogP contribution in [0.3, 0.4) is 0 Å². The van der Waals surface area contributed by atoms with E-state index in [4.69, 9.17) is 9.72 Å². The smallest absolute Gasteiger partial charge is 0.226 e. The molecule has 43 heavy (non-hydrogen) atoms. The second-order valence-electron chi connectivity index (χ2n) is 14.4. The third-order valence-corrected chi connectivity index (χ3v) is 10.0. The van der Waals surface area contributed by atoms with Crippen LogP contribution < -0.4 is 15.4 Å². The van der Waals surface area contributed by atoms with Crippen molar-refractivity contribution in [1.29, 1.82) is 0 Å². The first-order chi connectivity index (χ1) is 20.4. The number of nitrogens with one attached hydrogen (secondary N) is 2. The lowest BCUT2D eigenvalue weighted by Gasteiger charge is -2.47. The van der Waals surface area contributed by atoms with E-state index >= 15 is 0 Å². The minimum absolute atomic E-state index is 0.0332. The lowest BCUT2D eigenvalue weighted by Crippen LogP contribution is -2.53. The molecule has 1 spiro atoms. The summed E-state index contributed by atoms with van der Waals surface area (Å²) in [5.41, 5.74) is 3.10. The van der Waals surface area contributed by atoms with E-state index in [0.29, 0.717) is 23.4 Å². The van der Waals surface area contributed by atoms with Gasteiger partial charge in [-0.1, -0.05) is 27.7 Å². The Morgan fingerprint density at radius 2 is 1.95 bits per heavy atom. The molecule has 2 saturated carbocycles. The lowest BCUT2D eigenvalue weighted by molar-refractivity contribution is -0.127. The molecule has 3 atom stereocenters. The molecule has 6 rings (SSSR count). The first kappa shape index (κ1) is 30.2. The maximum atomic E-state index is 14.7. The SMILES string of the molecule is CC(C)(C)Cc1cnc2c(c1)[C@@H](NC[C@@H](O)[C@H](Cc1cc(F)cc(-c3nccs3)c1)NC(=O)C1(C)CC1)CC1(CCC1)O2. The van der Waals surface area contributed by atoms with E-state index < -0.39 is 17.6 Å². The minimum atomic E-state index is -0.896. The Labute approximate surface area is 257 Å². The van der Waals surface area contributed by atoms with E-state index in [2.05, 4.69) is 42.5 Å². The van der Waals surface area contributed by atoms with Gasteiger partial charge in [-0.05, 0) is 85.8 Å². The van der Waals surface area contributed by atoms with E-state index in [1.54, 1.807) is 6.20 Å². The number of pyridine rings is 1. The lowest BCUT2D eigenvalue weighted by atomic mass is 9.73. The molecule has 2 aliphatic carbocycles. The fraction of sp³-hybridized carbons (Fsp3) is 0.559. The van der Waals surface area contributed by atoms with Crippen LogP contribution in [0.4, 0.5) is 4.39 Å². The number of benzene rings is 1. The number of amides is 1. The summed E-state index contributed by atoms with van der Waals surface area (Å²) in [6, 6.07) is 6.42. The topological polar surface area (TPSA) is 96.4 Å². The third kappa shape index (κ3) is 6.94. The van der Waals surface area contributed by atoms with Crippen LogP contribution in [0.2, 0.25) is 0 Å². The number of aromatic nitrogens is 2. The van der Waals surface area contributed by atoms with Gasteiger partial charge in [0.15, 0.2) is 0 Å². The van der Waals surface area contributed by atoms with Crippen LogP contribution in [0.1, 0.15) is 89.0 Å². The van der Waals surface area contributed by atoms with Crippen molar-refractivity contribution < 1.29 is 19.0 Å². The molecule has 3 heterocycles. The highest BCUT2D eigenvalue weighted by atomic mass is 32.1. The zero-order chi connectivity index (χ0) is 30.4. The average molecular weight is 607 g/mol. The summed E-state index contributed by atoms with van der Waals surface area (Å²) >= 11 is 1.45. The predicted octanol–water partition coefficient (Wildman–Crippen LogP) is 6.16. The predicted molar refractivity (Wildman–Crippen MR) is 166 cm³/mol. The van der Waals surface area contributed by atoms with Gasteiger partial charge in [-0.2, -0.15) is 0 Å². The fourth-order valence-corrected chi connectivity index (χ4v) is 6.93. The number of ether oxygens (including phenoxy) is 1. The fourth-order valence-electron chi connectivity index (χ4n) is 6.30. The molecule has 3 N–H and O–H groups in total. The second-order valence-corrected chi connectivity index (χ2v) is 15.3. The van der Waals surface area contributed by atoms with E-state index in [0.717, 1.165) is 61.1 Å². The van der Waals surface area contributed by atoms with E-state index in [1.165, 1.54) is 23.5 Å². The van der Waals surface area contributed by atoms with Gasteiger partial charge in [0.1, 0.15) is 16.4 Å². The van der Waals surface area contributed by atoms with Gasteiger partial charge in [0.05, 0.1) is 12.1 Å². The van der Waals surface area contributed by atoms with Gasteiger partial charge in [0.2, 0.25) is 11.8 Å². The molecule has 230 valence electrons. The van der Waals surface area contributed by atoms with Gasteiger partial charge in [-0.3, -0.25) is 4.79 Å². The van der Waals surface area contributed by atoms with E-state index in [9.17, 15) is 14.3 Å². The first-order valence-electron chi connectivity index (χ1n) is 15.5. The monoisotopic (exact) mass is 606 g/mol. The van der Waals surface area contributed by atoms with Crippen LogP contribution >= 0.6 is 11.3 Å². The molecule has 3 aromatic rings. The number of carbonyl (C=O) groups is 1. The zero-order valence-electron chi connectivity index (χ0n) is 25.6. The molecule has 3 aliphatic rings. The Kier molecular flexibility index (Phi) is 8.11. The summed E-state index contributed by atoms with van der Waals surface area (Å²) in [5, 5.41) is 20.9. The molecule has 1 aliphatic heterocycles. The van der Waals surface area contributed by atoms with E-state index in [-0.39, 0.29) is 35.3 Å². The first-order valence-corrected chi connectivity index (χ1v) is 16.4. The quantitative estimate of drug-likeness (QED) is 0.256. The van der Waals surface area contributed by atoms with Crippen molar-refractivity contribution in [2.45, 2.75) is 103 Å². The van der Waals surface area contributed by atoms with Crippen LogP contribution in [-0.2, 0) is 17.6 Å². The van der Waals surface area contributed by atoms with E-state index in [1.807, 2.05) is 24.6 Å². The highest BCUT2D eigenvalue weighted by molar-refractivity contribution is 7.13. The van der Waals surface area contributed by atoms with Gasteiger partial charge in [0.25, 0.3) is 0 Å². The summed E-state index contributed by atoms with van der Waals surface area (Å²) in [4.78, 5) is 22.2. The van der Waals surface area contributed by atoms with Crippen molar-refractivity contribution in [3.05, 3.63) is 64.5 Å². The average Bonchev–Trinajstić information content (AvgIpc) is 3.44. The Hall–Kier alpha value is -2.88.